The van der Waals surface area contributed by atoms with Gasteiger partial charge in [0.2, 0.25) is 0 Å². The van der Waals surface area contributed by atoms with Crippen LogP contribution < -0.4 is 4.90 Å². The lowest BCUT2D eigenvalue weighted by atomic mass is 10.1. The summed E-state index contributed by atoms with van der Waals surface area (Å²) in [7, 11) is 0. The number of carbonyl (C=O) groups is 2. The molecule has 0 saturated carbocycles. The van der Waals surface area contributed by atoms with E-state index in [4.69, 9.17) is 0 Å². The summed E-state index contributed by atoms with van der Waals surface area (Å²) in [5, 5.41) is 11.2. The molecule has 0 atom stereocenters. The maximum atomic E-state index is 12.4. The van der Waals surface area contributed by atoms with E-state index in [2.05, 4.69) is 15.9 Å². The first kappa shape index (κ1) is 18.2. The van der Waals surface area contributed by atoms with E-state index in [1.807, 2.05) is 11.8 Å². The van der Waals surface area contributed by atoms with Crippen molar-refractivity contribution in [3.05, 3.63) is 68.2 Å². The molecule has 0 aliphatic carbocycles. The van der Waals surface area contributed by atoms with Crippen LogP contribution in [0, 0.1) is 10.1 Å². The van der Waals surface area contributed by atoms with Crippen LogP contribution in [-0.2, 0) is 11.3 Å². The Morgan fingerprint density at radius 2 is 1.88 bits per heavy atom. The van der Waals surface area contributed by atoms with Gasteiger partial charge in [0.25, 0.3) is 11.5 Å². The first-order chi connectivity index (χ1) is 12.4. The molecule has 0 N–H and O–H groups in total. The lowest BCUT2D eigenvalue weighted by molar-refractivity contribution is -0.385. The van der Waals surface area contributed by atoms with Crippen molar-refractivity contribution in [1.29, 1.82) is 0 Å². The summed E-state index contributed by atoms with van der Waals surface area (Å²) in [6.45, 7) is 2.94. The number of benzene rings is 2. The third kappa shape index (κ3) is 3.25. The van der Waals surface area contributed by atoms with Gasteiger partial charge in [-0.05, 0) is 34.6 Å². The van der Waals surface area contributed by atoms with E-state index in [0.717, 1.165) is 0 Å². The molecule has 3 rings (SSSR count). The van der Waals surface area contributed by atoms with E-state index >= 15 is 0 Å². The Balaban J connectivity index is 1.86. The summed E-state index contributed by atoms with van der Waals surface area (Å²) in [5.41, 5.74) is 1.51. The van der Waals surface area contributed by atoms with Gasteiger partial charge in [0.05, 0.1) is 22.8 Å². The van der Waals surface area contributed by atoms with Gasteiger partial charge in [0.1, 0.15) is 0 Å². The lowest BCUT2D eigenvalue weighted by Crippen LogP contribution is -2.40. The third-order valence-electron chi connectivity index (χ3n) is 4.32. The third-order valence-corrected chi connectivity index (χ3v) is 4.98. The summed E-state index contributed by atoms with van der Waals surface area (Å²) in [4.78, 5) is 38.8. The number of nitro groups is 1. The quantitative estimate of drug-likeness (QED) is 0.408. The molecule has 0 radical (unpaired) electrons. The van der Waals surface area contributed by atoms with Crippen LogP contribution in [0.1, 0.15) is 22.8 Å². The highest BCUT2D eigenvalue weighted by Crippen LogP contribution is 2.34. The average molecular weight is 418 g/mol. The predicted octanol–water partition coefficient (Wildman–Crippen LogP) is 3.37. The molecule has 1 heterocycles. The lowest BCUT2D eigenvalue weighted by Gasteiger charge is -2.26. The van der Waals surface area contributed by atoms with Crippen molar-refractivity contribution in [2.75, 3.05) is 18.1 Å². The van der Waals surface area contributed by atoms with E-state index < -0.39 is 16.6 Å². The van der Waals surface area contributed by atoms with Crippen molar-refractivity contribution in [2.24, 2.45) is 0 Å². The number of anilines is 1. The standard InChI is InChI=1S/C18H16BrN3O4/c1-2-20(10-12-6-3-4-8-14(12)22(25)26)11-21-15-9-5-7-13(19)16(15)17(23)18(21)24/h3-9H,2,10-11H2,1H3. The van der Waals surface area contributed by atoms with Gasteiger partial charge in [-0.2, -0.15) is 0 Å². The van der Waals surface area contributed by atoms with Gasteiger partial charge in [0, 0.05) is 22.6 Å². The van der Waals surface area contributed by atoms with Crippen molar-refractivity contribution in [1.82, 2.24) is 4.90 Å². The molecule has 0 spiro atoms. The molecule has 1 aliphatic rings. The molecule has 1 amide bonds. The molecule has 2 aromatic rings. The van der Waals surface area contributed by atoms with E-state index in [1.165, 1.54) is 11.0 Å². The Labute approximate surface area is 158 Å². The first-order valence-corrected chi connectivity index (χ1v) is 8.82. The molecule has 0 aromatic heterocycles. The average Bonchev–Trinajstić information content (AvgIpc) is 2.87. The number of halogens is 1. The number of hydrogen-bond acceptors (Lipinski definition) is 5. The summed E-state index contributed by atoms with van der Waals surface area (Å²) in [5.74, 6) is -1.14. The molecule has 7 nitrogen and oxygen atoms in total. The van der Waals surface area contributed by atoms with E-state index in [-0.39, 0.29) is 12.4 Å². The number of para-hydroxylation sites is 1. The van der Waals surface area contributed by atoms with Gasteiger partial charge >= 0.3 is 5.91 Å². The monoisotopic (exact) mass is 417 g/mol. The number of hydrogen-bond donors (Lipinski definition) is 0. The van der Waals surface area contributed by atoms with E-state index in [9.17, 15) is 19.7 Å². The Kier molecular flexibility index (Phi) is 5.15. The fourth-order valence-corrected chi connectivity index (χ4v) is 3.50. The second-order valence-electron chi connectivity index (χ2n) is 5.87. The SMILES string of the molecule is CCN(Cc1ccccc1[N+](=O)[O-])CN1C(=O)C(=O)c2c(Br)cccc21. The number of nitro benzene ring substituents is 1. The van der Waals surface area contributed by atoms with E-state index in [0.29, 0.717) is 34.4 Å². The van der Waals surface area contributed by atoms with Gasteiger partial charge in [-0.3, -0.25) is 29.5 Å². The molecule has 8 heteroatoms. The summed E-state index contributed by atoms with van der Waals surface area (Å²) < 4.78 is 0.581. The molecule has 1 aliphatic heterocycles. The fraction of sp³-hybridized carbons (Fsp3) is 0.222. The van der Waals surface area contributed by atoms with Crippen LogP contribution in [0.4, 0.5) is 11.4 Å². The highest BCUT2D eigenvalue weighted by atomic mass is 79.9. The van der Waals surface area contributed by atoms with Crippen LogP contribution in [0.25, 0.3) is 0 Å². The minimum absolute atomic E-state index is 0.0397. The second-order valence-corrected chi connectivity index (χ2v) is 6.72. The van der Waals surface area contributed by atoms with Crippen molar-refractivity contribution in [3.8, 4) is 0 Å². The maximum Gasteiger partial charge on any atom is 0.300 e. The van der Waals surface area contributed by atoms with Gasteiger partial charge in [-0.1, -0.05) is 31.2 Å². The van der Waals surface area contributed by atoms with Crippen molar-refractivity contribution >= 4 is 39.0 Å². The Morgan fingerprint density at radius 3 is 2.58 bits per heavy atom. The summed E-state index contributed by atoms with van der Waals surface area (Å²) in [6.07, 6.45) is 0. The normalized spacial score (nSPS) is 13.4. The number of Topliss-reactive ketones (excluding diaryl/α,β-unsaturated/α-hetero) is 1. The van der Waals surface area contributed by atoms with Gasteiger partial charge < -0.3 is 0 Å². The number of carbonyl (C=O) groups excluding carboxylic acids is 2. The molecular formula is C18H16BrN3O4. The topological polar surface area (TPSA) is 83.8 Å². The van der Waals surface area contributed by atoms with Crippen LogP contribution in [0.5, 0.6) is 0 Å². The van der Waals surface area contributed by atoms with Crippen LogP contribution in [0.15, 0.2) is 46.9 Å². The van der Waals surface area contributed by atoms with Crippen LogP contribution in [0.2, 0.25) is 0 Å². The highest BCUT2D eigenvalue weighted by Gasteiger charge is 2.38. The van der Waals surface area contributed by atoms with Gasteiger partial charge in [0.15, 0.2) is 0 Å². The maximum absolute atomic E-state index is 12.4. The smallest absolute Gasteiger partial charge is 0.291 e. The van der Waals surface area contributed by atoms with Crippen molar-refractivity contribution < 1.29 is 14.5 Å². The zero-order chi connectivity index (χ0) is 18.8. The second kappa shape index (κ2) is 7.35. The zero-order valence-corrected chi connectivity index (χ0v) is 15.6. The van der Waals surface area contributed by atoms with Crippen molar-refractivity contribution in [3.63, 3.8) is 0 Å². The minimum Gasteiger partial charge on any atom is -0.291 e. The van der Waals surface area contributed by atoms with Crippen LogP contribution in [-0.4, -0.2) is 34.7 Å². The van der Waals surface area contributed by atoms with E-state index in [1.54, 1.807) is 36.4 Å². The van der Waals surface area contributed by atoms with Gasteiger partial charge in [-0.25, -0.2) is 0 Å². The number of ketones is 1. The molecule has 26 heavy (non-hydrogen) atoms. The summed E-state index contributed by atoms with van der Waals surface area (Å²) in [6, 6.07) is 11.7. The molecule has 0 unspecified atom stereocenters. The highest BCUT2D eigenvalue weighted by molar-refractivity contribution is 9.10. The molecule has 0 bridgehead atoms. The Morgan fingerprint density at radius 1 is 1.15 bits per heavy atom. The minimum atomic E-state index is -0.590. The number of fused-ring (bicyclic) bond motifs is 1. The zero-order valence-electron chi connectivity index (χ0n) is 14.0. The Bertz CT molecular complexity index is 900. The fourth-order valence-electron chi connectivity index (χ4n) is 2.97. The van der Waals surface area contributed by atoms with Crippen LogP contribution in [0.3, 0.4) is 0 Å². The number of nitrogens with zero attached hydrogens (tertiary/aromatic N) is 3. The summed E-state index contributed by atoms with van der Waals surface area (Å²) >= 11 is 3.32. The molecule has 2 aromatic carbocycles. The van der Waals surface area contributed by atoms with Crippen LogP contribution >= 0.6 is 15.9 Å². The first-order valence-electron chi connectivity index (χ1n) is 8.03. The largest absolute Gasteiger partial charge is 0.300 e. The molecular weight excluding hydrogens is 402 g/mol. The van der Waals surface area contributed by atoms with Crippen molar-refractivity contribution in [2.45, 2.75) is 13.5 Å². The van der Waals surface area contributed by atoms with Gasteiger partial charge in [-0.15, -0.1) is 0 Å². The molecule has 0 saturated heterocycles. The molecule has 134 valence electrons. The molecule has 0 fully saturated rings. The Hall–Kier alpha value is -2.58. The predicted molar refractivity (Wildman–Crippen MR) is 100 cm³/mol. The number of amides is 1. The number of rotatable bonds is 6.